The molecule has 1 saturated heterocycles. The number of nitrogens with one attached hydrogen (secondary N) is 1. The van der Waals surface area contributed by atoms with Crippen molar-refractivity contribution in [1.82, 2.24) is 5.23 Å². The quantitative estimate of drug-likeness (QED) is 0.852. The maximum absolute atomic E-state index is 6.60. The van der Waals surface area contributed by atoms with Gasteiger partial charge in [0, 0.05) is 13.2 Å². The first-order valence-corrected chi connectivity index (χ1v) is 9.42. The van der Waals surface area contributed by atoms with Crippen molar-refractivity contribution < 1.29 is 9.31 Å². The van der Waals surface area contributed by atoms with E-state index in [0.29, 0.717) is 5.92 Å². The van der Waals surface area contributed by atoms with Crippen molar-refractivity contribution in [3.05, 3.63) is 71.8 Å². The fraction of sp³-hybridized carbons (Fsp3) is 0.429. The molecule has 1 aliphatic heterocycles. The summed E-state index contributed by atoms with van der Waals surface area (Å²) in [6.07, 6.45) is 6.46. The lowest BCUT2D eigenvalue weighted by atomic mass is 9.71. The van der Waals surface area contributed by atoms with Crippen LogP contribution in [0.3, 0.4) is 0 Å². The summed E-state index contributed by atoms with van der Waals surface area (Å²) in [5, 5.41) is 3.65. The second-order valence-corrected chi connectivity index (χ2v) is 7.20. The monoisotopic (exact) mass is 335 g/mol. The molecular weight excluding hydrogens is 309 g/mol. The molecule has 0 aromatic heterocycles. The van der Waals surface area contributed by atoms with Crippen molar-refractivity contribution in [1.29, 1.82) is 0 Å². The molecule has 1 aliphatic carbocycles. The molecule has 0 amide bonds. The van der Waals surface area contributed by atoms with Crippen LogP contribution in [0, 0.1) is 5.92 Å². The third kappa shape index (κ3) is 3.03. The van der Waals surface area contributed by atoms with Gasteiger partial charge in [-0.2, -0.15) is 0 Å². The van der Waals surface area contributed by atoms with Gasteiger partial charge in [0.2, 0.25) is 0 Å². The molecule has 4 rings (SSSR count). The molecule has 0 radical (unpaired) electrons. The minimum atomic E-state index is -0.509. The Morgan fingerprint density at radius 3 is 2.00 bits per heavy atom. The highest BCUT2D eigenvalue weighted by molar-refractivity contribution is 6.42. The number of hydrogen-bond acceptors (Lipinski definition) is 3. The third-order valence-corrected chi connectivity index (χ3v) is 5.79. The minimum absolute atomic E-state index is 0.211. The van der Waals surface area contributed by atoms with E-state index in [4.69, 9.17) is 9.31 Å². The lowest BCUT2D eigenvalue weighted by Crippen LogP contribution is -2.48. The van der Waals surface area contributed by atoms with Crippen LogP contribution in [0.15, 0.2) is 60.7 Å². The molecule has 0 bridgehead atoms. The molecule has 1 N–H and O–H groups in total. The van der Waals surface area contributed by atoms with Gasteiger partial charge in [0.05, 0.1) is 0 Å². The van der Waals surface area contributed by atoms with Gasteiger partial charge in [0.1, 0.15) is 5.60 Å². The molecule has 2 aromatic carbocycles. The average molecular weight is 335 g/mol. The van der Waals surface area contributed by atoms with Crippen LogP contribution in [0.5, 0.6) is 0 Å². The molecule has 25 heavy (non-hydrogen) atoms. The Morgan fingerprint density at radius 2 is 1.48 bits per heavy atom. The van der Waals surface area contributed by atoms with E-state index in [1.54, 1.807) is 7.11 Å². The zero-order valence-electron chi connectivity index (χ0n) is 14.9. The predicted molar refractivity (Wildman–Crippen MR) is 101 cm³/mol. The highest BCUT2D eigenvalue weighted by Gasteiger charge is 2.55. The molecule has 2 fully saturated rings. The van der Waals surface area contributed by atoms with E-state index < -0.39 is 5.60 Å². The SMILES string of the molecule is COB1N[C@H](C2CCCCC2)C(c2ccccc2)(c2ccccc2)O1. The Hall–Kier alpha value is -1.62. The Labute approximate surface area is 150 Å². The van der Waals surface area contributed by atoms with Crippen molar-refractivity contribution in [3.8, 4) is 0 Å². The molecule has 130 valence electrons. The normalized spacial score (nSPS) is 23.7. The summed E-state index contributed by atoms with van der Waals surface area (Å²) in [6.45, 7) is 0. The Bertz CT molecular complexity index is 633. The molecule has 0 unspecified atom stereocenters. The van der Waals surface area contributed by atoms with Crippen LogP contribution in [-0.2, 0) is 14.9 Å². The topological polar surface area (TPSA) is 30.5 Å². The predicted octanol–water partition coefficient (Wildman–Crippen LogP) is 4.13. The van der Waals surface area contributed by atoms with Gasteiger partial charge in [-0.15, -0.1) is 0 Å². The molecule has 1 saturated carbocycles. The molecule has 1 heterocycles. The molecule has 3 nitrogen and oxygen atoms in total. The summed E-state index contributed by atoms with van der Waals surface area (Å²) < 4.78 is 12.2. The first kappa shape index (κ1) is 16.8. The van der Waals surface area contributed by atoms with Crippen LogP contribution in [0.2, 0.25) is 0 Å². The van der Waals surface area contributed by atoms with Crippen LogP contribution in [0.4, 0.5) is 0 Å². The lowest BCUT2D eigenvalue weighted by Gasteiger charge is -2.41. The average Bonchev–Trinajstić information content (AvgIpc) is 3.11. The molecule has 2 aliphatic rings. The van der Waals surface area contributed by atoms with Crippen molar-refractivity contribution in [2.75, 3.05) is 7.11 Å². The third-order valence-electron chi connectivity index (χ3n) is 5.79. The number of rotatable bonds is 4. The molecule has 4 heteroatoms. The lowest BCUT2D eigenvalue weighted by molar-refractivity contribution is 0.0636. The highest BCUT2D eigenvalue weighted by Crippen LogP contribution is 2.46. The van der Waals surface area contributed by atoms with E-state index >= 15 is 0 Å². The van der Waals surface area contributed by atoms with Crippen molar-refractivity contribution in [3.63, 3.8) is 0 Å². The number of benzene rings is 2. The van der Waals surface area contributed by atoms with Gasteiger partial charge in [-0.3, -0.25) is 5.23 Å². The fourth-order valence-electron chi connectivity index (χ4n) is 4.63. The van der Waals surface area contributed by atoms with Crippen molar-refractivity contribution in [2.24, 2.45) is 5.92 Å². The maximum atomic E-state index is 6.60. The van der Waals surface area contributed by atoms with Crippen LogP contribution < -0.4 is 5.23 Å². The van der Waals surface area contributed by atoms with Gasteiger partial charge < -0.3 is 9.31 Å². The first-order chi connectivity index (χ1) is 12.3. The highest BCUT2D eigenvalue weighted by atomic mass is 16.6. The second kappa shape index (κ2) is 7.32. The van der Waals surface area contributed by atoms with Gasteiger partial charge >= 0.3 is 7.25 Å². The summed E-state index contributed by atoms with van der Waals surface area (Å²) >= 11 is 0. The minimum Gasteiger partial charge on any atom is -0.400 e. The first-order valence-electron chi connectivity index (χ1n) is 9.42. The largest absolute Gasteiger partial charge is 0.555 e. The second-order valence-electron chi connectivity index (χ2n) is 7.20. The summed E-state index contributed by atoms with van der Waals surface area (Å²) in [5.74, 6) is 0.592. The molecular formula is C21H26BNO2. The van der Waals surface area contributed by atoms with Gasteiger partial charge in [-0.05, 0) is 29.9 Å². The van der Waals surface area contributed by atoms with Crippen LogP contribution in [0.25, 0.3) is 0 Å². The van der Waals surface area contributed by atoms with Crippen LogP contribution in [0.1, 0.15) is 43.2 Å². The number of hydrogen-bond donors (Lipinski definition) is 1. The van der Waals surface area contributed by atoms with E-state index in [1.807, 2.05) is 0 Å². The van der Waals surface area contributed by atoms with E-state index in [2.05, 4.69) is 65.9 Å². The van der Waals surface area contributed by atoms with E-state index in [1.165, 1.54) is 43.2 Å². The van der Waals surface area contributed by atoms with Crippen LogP contribution >= 0.6 is 0 Å². The summed E-state index contributed by atoms with van der Waals surface area (Å²) in [5.41, 5.74) is 1.89. The smallest absolute Gasteiger partial charge is 0.400 e. The zero-order valence-corrected chi connectivity index (χ0v) is 14.9. The van der Waals surface area contributed by atoms with Gasteiger partial charge in [-0.1, -0.05) is 79.9 Å². The Kier molecular flexibility index (Phi) is 4.93. The van der Waals surface area contributed by atoms with Gasteiger partial charge in [-0.25, -0.2) is 0 Å². The molecule has 2 aromatic rings. The van der Waals surface area contributed by atoms with E-state index in [0.717, 1.165) is 0 Å². The van der Waals surface area contributed by atoms with Gasteiger partial charge in [0.15, 0.2) is 0 Å². The van der Waals surface area contributed by atoms with E-state index in [-0.39, 0.29) is 13.3 Å². The molecule has 1 atom stereocenters. The van der Waals surface area contributed by atoms with Crippen molar-refractivity contribution >= 4 is 7.25 Å². The maximum Gasteiger partial charge on any atom is 0.555 e. The van der Waals surface area contributed by atoms with Crippen LogP contribution in [-0.4, -0.2) is 20.4 Å². The van der Waals surface area contributed by atoms with Gasteiger partial charge in [0.25, 0.3) is 0 Å². The zero-order chi connectivity index (χ0) is 17.1. The summed E-state index contributed by atoms with van der Waals surface area (Å²) in [4.78, 5) is 0. The summed E-state index contributed by atoms with van der Waals surface area (Å²) in [7, 11) is 1.33. The van der Waals surface area contributed by atoms with Crippen molar-refractivity contribution in [2.45, 2.75) is 43.7 Å². The standard InChI is InChI=1S/C21H26BNO2/c1-24-22-23-20(17-11-5-2-6-12-17)21(25-22,18-13-7-3-8-14-18)19-15-9-4-10-16-19/h3-4,7-10,13-17,20,23H,2,5-6,11-12H2,1H3/t20-/m1/s1. The Morgan fingerprint density at radius 1 is 0.920 bits per heavy atom. The van der Waals surface area contributed by atoms with E-state index in [9.17, 15) is 0 Å². The fourth-order valence-corrected chi connectivity index (χ4v) is 4.63. The Balaban J connectivity index is 1.84. The summed E-state index contributed by atoms with van der Waals surface area (Å²) in [6, 6.07) is 21.5. The molecule has 0 spiro atoms.